The van der Waals surface area contributed by atoms with Gasteiger partial charge in [-0.25, -0.2) is 0 Å². The van der Waals surface area contributed by atoms with Crippen LogP contribution in [0, 0.1) is 6.92 Å². The second kappa shape index (κ2) is 5.18. The molecule has 2 aromatic rings. The van der Waals surface area contributed by atoms with Crippen molar-refractivity contribution in [3.63, 3.8) is 0 Å². The average Bonchev–Trinajstić information content (AvgIpc) is 2.68. The van der Waals surface area contributed by atoms with Crippen LogP contribution in [-0.4, -0.2) is 15.3 Å². The molecular formula is C13H15N2O2S+. The Morgan fingerprint density at radius 3 is 2.78 bits per heavy atom. The minimum Gasteiger partial charge on any atom is -0.508 e. The molecule has 2 rings (SSSR count). The van der Waals surface area contributed by atoms with Crippen molar-refractivity contribution in [1.82, 2.24) is 5.10 Å². The van der Waals surface area contributed by atoms with Crippen LogP contribution in [0.25, 0.3) is 12.2 Å². The highest BCUT2D eigenvalue weighted by Crippen LogP contribution is 2.24. The van der Waals surface area contributed by atoms with Crippen LogP contribution < -0.4 is 4.68 Å². The minimum atomic E-state index is 0.0573. The first kappa shape index (κ1) is 12.6. The van der Waals surface area contributed by atoms with Crippen LogP contribution in [0.3, 0.4) is 0 Å². The number of hydrogen-bond acceptors (Lipinski definition) is 4. The van der Waals surface area contributed by atoms with E-state index in [2.05, 4.69) is 5.10 Å². The van der Waals surface area contributed by atoms with E-state index < -0.39 is 0 Å². The Kier molecular flexibility index (Phi) is 3.62. The zero-order valence-electron chi connectivity index (χ0n) is 10.3. The van der Waals surface area contributed by atoms with E-state index >= 15 is 0 Å². The molecule has 2 N–H and O–H groups in total. The second-order valence-electron chi connectivity index (χ2n) is 3.85. The van der Waals surface area contributed by atoms with Crippen molar-refractivity contribution in [2.45, 2.75) is 20.4 Å². The molecule has 0 saturated carbocycles. The highest BCUT2D eigenvalue weighted by atomic mass is 32.1. The molecule has 0 spiro atoms. The minimum absolute atomic E-state index is 0.0573. The summed E-state index contributed by atoms with van der Waals surface area (Å²) in [6.07, 6.45) is 3.73. The van der Waals surface area contributed by atoms with E-state index in [9.17, 15) is 10.2 Å². The van der Waals surface area contributed by atoms with E-state index in [1.807, 2.05) is 30.7 Å². The van der Waals surface area contributed by atoms with E-state index in [4.69, 9.17) is 0 Å². The normalized spacial score (nSPS) is 11.2. The molecule has 1 heterocycles. The lowest BCUT2D eigenvalue weighted by Crippen LogP contribution is -2.36. The summed E-state index contributed by atoms with van der Waals surface area (Å²) in [7, 11) is 0. The van der Waals surface area contributed by atoms with E-state index in [0.29, 0.717) is 5.56 Å². The van der Waals surface area contributed by atoms with Crippen LogP contribution in [0.5, 0.6) is 11.5 Å². The van der Waals surface area contributed by atoms with Gasteiger partial charge in [0.1, 0.15) is 11.5 Å². The lowest BCUT2D eigenvalue weighted by atomic mass is 10.2. The number of hydrogen-bond donors (Lipinski definition) is 2. The first-order valence-electron chi connectivity index (χ1n) is 5.67. The van der Waals surface area contributed by atoms with Gasteiger partial charge in [0, 0.05) is 22.8 Å². The smallest absolute Gasteiger partial charge is 0.289 e. The Hall–Kier alpha value is -1.88. The number of aromatic hydroxyl groups is 2. The Balaban J connectivity index is 2.29. The zero-order valence-corrected chi connectivity index (χ0v) is 11.1. The number of nitrogens with zero attached hydrogens (tertiary/aromatic N) is 2. The molecule has 0 unspecified atom stereocenters. The van der Waals surface area contributed by atoms with Gasteiger partial charge in [-0.05, 0) is 43.4 Å². The van der Waals surface area contributed by atoms with Crippen molar-refractivity contribution < 1.29 is 14.9 Å². The molecule has 0 atom stereocenters. The summed E-state index contributed by atoms with van der Waals surface area (Å²) in [6.45, 7) is 4.81. The highest BCUT2D eigenvalue weighted by Gasteiger charge is 2.12. The average molecular weight is 263 g/mol. The van der Waals surface area contributed by atoms with E-state index in [0.717, 1.165) is 16.6 Å². The maximum absolute atomic E-state index is 9.67. The van der Waals surface area contributed by atoms with Gasteiger partial charge < -0.3 is 10.2 Å². The first-order valence-corrected chi connectivity index (χ1v) is 6.49. The van der Waals surface area contributed by atoms with Crippen LogP contribution in [0.15, 0.2) is 18.2 Å². The van der Waals surface area contributed by atoms with Crippen molar-refractivity contribution in [3.05, 3.63) is 33.8 Å². The lowest BCUT2D eigenvalue weighted by molar-refractivity contribution is -0.747. The molecule has 0 saturated heterocycles. The molecule has 0 amide bonds. The summed E-state index contributed by atoms with van der Waals surface area (Å²) in [5.74, 6) is 0.123. The quantitative estimate of drug-likeness (QED) is 0.836. The van der Waals surface area contributed by atoms with Crippen LogP contribution >= 0.6 is 11.3 Å². The fraction of sp³-hybridized carbons (Fsp3) is 0.231. The van der Waals surface area contributed by atoms with Crippen molar-refractivity contribution in [2.24, 2.45) is 0 Å². The Labute approximate surface area is 109 Å². The fourth-order valence-electron chi connectivity index (χ4n) is 1.62. The second-order valence-corrected chi connectivity index (χ2v) is 5.06. The van der Waals surface area contributed by atoms with Crippen LogP contribution in [0.2, 0.25) is 0 Å². The van der Waals surface area contributed by atoms with Crippen LogP contribution in [0.4, 0.5) is 0 Å². The maximum atomic E-state index is 9.67. The molecular weight excluding hydrogens is 248 g/mol. The largest absolute Gasteiger partial charge is 0.508 e. The monoisotopic (exact) mass is 263 g/mol. The fourth-order valence-corrected chi connectivity index (χ4v) is 2.48. The predicted octanol–water partition coefficient (Wildman–Crippen LogP) is 2.34. The molecule has 5 heteroatoms. The maximum Gasteiger partial charge on any atom is 0.289 e. The molecule has 4 nitrogen and oxygen atoms in total. The number of rotatable bonds is 3. The van der Waals surface area contributed by atoms with Gasteiger partial charge in [0.15, 0.2) is 11.6 Å². The van der Waals surface area contributed by atoms with E-state index in [-0.39, 0.29) is 11.5 Å². The molecule has 0 aliphatic rings. The molecule has 0 aliphatic heterocycles. The summed E-state index contributed by atoms with van der Waals surface area (Å²) in [4.78, 5) is 0. The van der Waals surface area contributed by atoms with Crippen molar-refractivity contribution in [1.29, 1.82) is 0 Å². The molecule has 1 aromatic carbocycles. The third-order valence-corrected chi connectivity index (χ3v) is 3.42. The van der Waals surface area contributed by atoms with E-state index in [1.165, 1.54) is 6.07 Å². The molecule has 0 bridgehead atoms. The van der Waals surface area contributed by atoms with Gasteiger partial charge in [0.05, 0.1) is 0 Å². The van der Waals surface area contributed by atoms with Crippen LogP contribution in [-0.2, 0) is 6.54 Å². The van der Waals surface area contributed by atoms with Gasteiger partial charge in [-0.15, -0.1) is 0 Å². The SMILES string of the molecule is CC[n+]1nc(C)sc1C=Cc1ccc(O)cc1O. The van der Waals surface area contributed by atoms with Crippen LogP contribution in [0.1, 0.15) is 22.5 Å². The van der Waals surface area contributed by atoms with Gasteiger partial charge in [0.2, 0.25) is 0 Å². The van der Waals surface area contributed by atoms with E-state index in [1.54, 1.807) is 23.5 Å². The molecule has 94 valence electrons. The topological polar surface area (TPSA) is 57.2 Å². The van der Waals surface area contributed by atoms with Gasteiger partial charge in [-0.1, -0.05) is 4.68 Å². The number of aryl methyl sites for hydroxylation is 2. The third-order valence-electron chi connectivity index (χ3n) is 2.49. The summed E-state index contributed by atoms with van der Waals surface area (Å²) in [6, 6.07) is 4.54. The first-order chi connectivity index (χ1) is 8.60. The number of benzene rings is 1. The summed E-state index contributed by atoms with van der Waals surface area (Å²) < 4.78 is 1.91. The summed E-state index contributed by atoms with van der Waals surface area (Å²) in [5, 5.41) is 25.3. The van der Waals surface area contributed by atoms with Crippen molar-refractivity contribution in [3.8, 4) is 11.5 Å². The summed E-state index contributed by atoms with van der Waals surface area (Å²) in [5.41, 5.74) is 0.668. The lowest BCUT2D eigenvalue weighted by Gasteiger charge is -1.98. The van der Waals surface area contributed by atoms with Gasteiger partial charge in [-0.3, -0.25) is 0 Å². The number of aromatic nitrogens is 2. The highest BCUT2D eigenvalue weighted by molar-refractivity contribution is 7.11. The molecule has 0 aliphatic carbocycles. The molecule has 0 fully saturated rings. The molecule has 1 aromatic heterocycles. The van der Waals surface area contributed by atoms with Crippen molar-refractivity contribution in [2.75, 3.05) is 0 Å². The van der Waals surface area contributed by atoms with Crippen molar-refractivity contribution >= 4 is 23.5 Å². The Bertz CT molecular complexity index is 591. The van der Waals surface area contributed by atoms with Gasteiger partial charge in [0.25, 0.3) is 5.01 Å². The molecule has 18 heavy (non-hydrogen) atoms. The Morgan fingerprint density at radius 1 is 1.33 bits per heavy atom. The standard InChI is InChI=1S/C13H14N2O2S/c1-3-15-13(18-9(2)14-15)7-5-10-4-6-11(16)8-12(10)17/h4-8H,3H2,1-2H3,(H,16,17)/p+1. The third kappa shape index (κ3) is 2.68. The number of phenols is 2. The van der Waals surface area contributed by atoms with Gasteiger partial charge in [-0.2, -0.15) is 0 Å². The zero-order chi connectivity index (χ0) is 13.1. The predicted molar refractivity (Wildman–Crippen MR) is 71.4 cm³/mol. The number of phenolic OH excluding ortho intramolecular Hbond substituents is 2. The van der Waals surface area contributed by atoms with Gasteiger partial charge >= 0.3 is 0 Å². The summed E-state index contributed by atoms with van der Waals surface area (Å²) >= 11 is 1.60. The Morgan fingerprint density at radius 2 is 2.11 bits per heavy atom. The molecule has 0 radical (unpaired) electrons.